The highest BCUT2D eigenvalue weighted by atomic mass is 35.5. The van der Waals surface area contributed by atoms with Gasteiger partial charge in [0.1, 0.15) is 11.8 Å². The van der Waals surface area contributed by atoms with Gasteiger partial charge in [-0.3, -0.25) is 9.59 Å². The van der Waals surface area contributed by atoms with Crippen molar-refractivity contribution in [2.24, 2.45) is 0 Å². The Bertz CT molecular complexity index is 1140. The van der Waals surface area contributed by atoms with E-state index in [0.29, 0.717) is 16.3 Å². The van der Waals surface area contributed by atoms with E-state index in [1.807, 2.05) is 32.0 Å². The predicted octanol–water partition coefficient (Wildman–Crippen LogP) is 6.16. The number of carbonyl (C=O) groups is 2. The second kappa shape index (κ2) is 10.1. The Labute approximate surface area is 197 Å². The van der Waals surface area contributed by atoms with Crippen LogP contribution in [-0.4, -0.2) is 28.4 Å². The van der Waals surface area contributed by atoms with Crippen LogP contribution in [-0.2, 0) is 4.79 Å². The van der Waals surface area contributed by atoms with Gasteiger partial charge in [-0.2, -0.15) is 0 Å². The number of aryl methyl sites for hydroxylation is 2. The normalized spacial score (nSPS) is 11.7. The van der Waals surface area contributed by atoms with Crippen LogP contribution in [0.25, 0.3) is 0 Å². The average Bonchev–Trinajstić information content (AvgIpc) is 2.75. The molecule has 0 saturated heterocycles. The lowest BCUT2D eigenvalue weighted by Crippen LogP contribution is -2.41. The number of likely N-dealkylation sites (N-methyl/N-ethyl adjacent to an activating group) is 1. The third-order valence-corrected chi connectivity index (χ3v) is 5.84. The molecule has 0 aliphatic heterocycles. The van der Waals surface area contributed by atoms with Crippen molar-refractivity contribution >= 4 is 40.7 Å². The number of halogens is 2. The second-order valence-electron chi connectivity index (χ2n) is 7.43. The number of carbonyl (C=O) groups excluding carboxylic acids is 2. The maximum atomic E-state index is 13.6. The topological polar surface area (TPSA) is 69.6 Å². The SMILES string of the molecule is CCN(C(=O)c1ccccc1O)C(C(=O)Nc1c(C)cccc1C)c1ccc(Cl)cc1Cl. The molecule has 0 saturated carbocycles. The molecule has 1 atom stereocenters. The number of rotatable bonds is 6. The Kier molecular flexibility index (Phi) is 7.44. The van der Waals surface area contributed by atoms with Crippen LogP contribution >= 0.6 is 23.2 Å². The van der Waals surface area contributed by atoms with Gasteiger partial charge in [-0.05, 0) is 56.2 Å². The first kappa shape index (κ1) is 23.6. The molecule has 1 unspecified atom stereocenters. The molecule has 0 radical (unpaired) electrons. The number of benzene rings is 3. The zero-order valence-corrected chi connectivity index (χ0v) is 19.5. The van der Waals surface area contributed by atoms with E-state index in [4.69, 9.17) is 23.2 Å². The smallest absolute Gasteiger partial charge is 0.258 e. The number of phenolic OH excluding ortho intramolecular Hbond substituents is 1. The van der Waals surface area contributed by atoms with E-state index >= 15 is 0 Å². The standard InChI is InChI=1S/C25H24Cl2N2O3/c1-4-29(25(32)19-10-5-6-11-21(19)30)23(18-13-12-17(26)14-20(18)27)24(31)28-22-15(2)8-7-9-16(22)3/h5-14,23,30H,4H2,1-3H3,(H,28,31). The molecule has 0 heterocycles. The third kappa shape index (κ3) is 4.90. The number of nitrogens with one attached hydrogen (secondary N) is 1. The molecule has 0 spiro atoms. The summed E-state index contributed by atoms with van der Waals surface area (Å²) in [4.78, 5) is 28.4. The maximum absolute atomic E-state index is 13.6. The predicted molar refractivity (Wildman–Crippen MR) is 129 cm³/mol. The fourth-order valence-electron chi connectivity index (χ4n) is 3.63. The maximum Gasteiger partial charge on any atom is 0.258 e. The van der Waals surface area contributed by atoms with Crippen LogP contribution in [0.4, 0.5) is 5.69 Å². The molecule has 166 valence electrons. The molecule has 3 aromatic carbocycles. The van der Waals surface area contributed by atoms with Crippen molar-refractivity contribution in [3.8, 4) is 5.75 Å². The Balaban J connectivity index is 2.10. The highest BCUT2D eigenvalue weighted by Gasteiger charge is 2.34. The number of nitrogens with zero attached hydrogens (tertiary/aromatic N) is 1. The van der Waals surface area contributed by atoms with Crippen LogP contribution in [0.15, 0.2) is 60.7 Å². The summed E-state index contributed by atoms with van der Waals surface area (Å²) in [6.45, 7) is 5.77. The fraction of sp³-hybridized carbons (Fsp3) is 0.200. The Hall–Kier alpha value is -3.02. The fourth-order valence-corrected chi connectivity index (χ4v) is 4.14. The quantitative estimate of drug-likeness (QED) is 0.453. The lowest BCUT2D eigenvalue weighted by molar-refractivity contribution is -0.120. The molecule has 2 N–H and O–H groups in total. The zero-order valence-electron chi connectivity index (χ0n) is 18.0. The molecule has 0 bridgehead atoms. The summed E-state index contributed by atoms with van der Waals surface area (Å²) in [5, 5.41) is 13.9. The molecular formula is C25H24Cl2N2O3. The van der Waals surface area contributed by atoms with E-state index in [9.17, 15) is 14.7 Å². The first-order chi connectivity index (χ1) is 15.2. The molecule has 0 aromatic heterocycles. The summed E-state index contributed by atoms with van der Waals surface area (Å²) >= 11 is 12.5. The van der Waals surface area contributed by atoms with Gasteiger partial charge in [-0.25, -0.2) is 0 Å². The molecule has 0 aliphatic carbocycles. The van der Waals surface area contributed by atoms with Crippen molar-refractivity contribution < 1.29 is 14.7 Å². The molecule has 7 heteroatoms. The number of hydrogen-bond donors (Lipinski definition) is 2. The lowest BCUT2D eigenvalue weighted by atomic mass is 10.0. The van der Waals surface area contributed by atoms with Gasteiger partial charge in [-0.15, -0.1) is 0 Å². The van der Waals surface area contributed by atoms with Crippen LogP contribution in [0.3, 0.4) is 0 Å². The Morgan fingerprint density at radius 1 is 1.00 bits per heavy atom. The van der Waals surface area contributed by atoms with Crippen molar-refractivity contribution in [1.29, 1.82) is 0 Å². The van der Waals surface area contributed by atoms with E-state index in [1.54, 1.807) is 31.2 Å². The van der Waals surface area contributed by atoms with Gasteiger partial charge in [0.2, 0.25) is 0 Å². The minimum Gasteiger partial charge on any atom is -0.507 e. The number of hydrogen-bond acceptors (Lipinski definition) is 3. The minimum atomic E-state index is -1.05. The van der Waals surface area contributed by atoms with Crippen LogP contribution in [0, 0.1) is 13.8 Å². The van der Waals surface area contributed by atoms with Gasteiger partial charge >= 0.3 is 0 Å². The number of para-hydroxylation sites is 2. The number of phenols is 1. The zero-order chi connectivity index (χ0) is 23.4. The number of aromatic hydroxyl groups is 1. The van der Waals surface area contributed by atoms with E-state index in [0.717, 1.165) is 11.1 Å². The molecule has 3 rings (SSSR count). The number of anilines is 1. The molecule has 3 aromatic rings. The van der Waals surface area contributed by atoms with E-state index in [2.05, 4.69) is 5.32 Å². The van der Waals surface area contributed by atoms with Crippen LogP contribution < -0.4 is 5.32 Å². The van der Waals surface area contributed by atoms with Crippen LogP contribution in [0.1, 0.15) is 40.0 Å². The summed E-state index contributed by atoms with van der Waals surface area (Å²) in [5.74, 6) is -1.07. The third-order valence-electron chi connectivity index (χ3n) is 5.28. The summed E-state index contributed by atoms with van der Waals surface area (Å²) in [6.07, 6.45) is 0. The van der Waals surface area contributed by atoms with Crippen LogP contribution in [0.2, 0.25) is 10.0 Å². The van der Waals surface area contributed by atoms with Gasteiger partial charge < -0.3 is 15.3 Å². The van der Waals surface area contributed by atoms with Gasteiger partial charge in [0.25, 0.3) is 11.8 Å². The van der Waals surface area contributed by atoms with E-state index < -0.39 is 17.9 Å². The van der Waals surface area contributed by atoms with Crippen molar-refractivity contribution in [2.45, 2.75) is 26.8 Å². The first-order valence-electron chi connectivity index (χ1n) is 10.2. The monoisotopic (exact) mass is 470 g/mol. The highest BCUT2D eigenvalue weighted by Crippen LogP contribution is 2.33. The van der Waals surface area contributed by atoms with Gasteiger partial charge in [0.15, 0.2) is 0 Å². The van der Waals surface area contributed by atoms with E-state index in [1.165, 1.54) is 23.1 Å². The molecule has 32 heavy (non-hydrogen) atoms. The van der Waals surface area contributed by atoms with Crippen molar-refractivity contribution in [2.75, 3.05) is 11.9 Å². The van der Waals surface area contributed by atoms with Crippen molar-refractivity contribution in [1.82, 2.24) is 4.90 Å². The Morgan fingerprint density at radius 3 is 2.25 bits per heavy atom. The molecular weight excluding hydrogens is 447 g/mol. The van der Waals surface area contributed by atoms with Crippen molar-refractivity contribution in [3.63, 3.8) is 0 Å². The highest BCUT2D eigenvalue weighted by molar-refractivity contribution is 6.35. The molecule has 2 amide bonds. The Morgan fingerprint density at radius 2 is 1.66 bits per heavy atom. The molecule has 0 aliphatic rings. The first-order valence-corrected chi connectivity index (χ1v) is 10.9. The summed E-state index contributed by atoms with van der Waals surface area (Å²) in [5.41, 5.74) is 3.01. The summed E-state index contributed by atoms with van der Waals surface area (Å²) in [7, 11) is 0. The number of amides is 2. The molecule has 0 fully saturated rings. The summed E-state index contributed by atoms with van der Waals surface area (Å²) < 4.78 is 0. The van der Waals surface area contributed by atoms with Gasteiger partial charge in [-0.1, -0.05) is 59.6 Å². The van der Waals surface area contributed by atoms with Crippen LogP contribution in [0.5, 0.6) is 5.75 Å². The van der Waals surface area contributed by atoms with Gasteiger partial charge in [0.05, 0.1) is 5.56 Å². The van der Waals surface area contributed by atoms with Gasteiger partial charge in [0, 0.05) is 27.8 Å². The lowest BCUT2D eigenvalue weighted by Gasteiger charge is -2.31. The minimum absolute atomic E-state index is 0.101. The second-order valence-corrected chi connectivity index (χ2v) is 8.28. The largest absolute Gasteiger partial charge is 0.507 e. The van der Waals surface area contributed by atoms with E-state index in [-0.39, 0.29) is 22.9 Å². The van der Waals surface area contributed by atoms with Crippen molar-refractivity contribution in [3.05, 3.63) is 93.0 Å². The summed E-state index contributed by atoms with van der Waals surface area (Å²) in [6, 6.07) is 15.7. The average molecular weight is 471 g/mol. The molecule has 5 nitrogen and oxygen atoms in total.